The Labute approximate surface area is 82.8 Å². The summed E-state index contributed by atoms with van der Waals surface area (Å²) in [6.45, 7) is 0. The average Bonchev–Trinajstić information content (AvgIpc) is 2.04. The molecule has 69 valence electrons. The Hall–Kier alpha value is -0.940. The van der Waals surface area contributed by atoms with Gasteiger partial charge in [-0.1, -0.05) is 42.5 Å². The van der Waals surface area contributed by atoms with Gasteiger partial charge in [-0.05, 0) is 5.56 Å². The van der Waals surface area contributed by atoms with Crippen LogP contribution in [0.3, 0.4) is 0 Å². The van der Waals surface area contributed by atoms with Gasteiger partial charge < -0.3 is 0 Å². The molecule has 0 aliphatic heterocycles. The highest BCUT2D eigenvalue weighted by Gasteiger charge is 2.08. The van der Waals surface area contributed by atoms with Crippen molar-refractivity contribution in [3.8, 4) is 0 Å². The molecule has 0 spiro atoms. The Bertz CT molecular complexity index is 372. The van der Waals surface area contributed by atoms with Crippen molar-refractivity contribution < 1.29 is 8.42 Å². The minimum absolute atomic E-state index is 0.0719. The second-order valence-electron chi connectivity index (χ2n) is 2.45. The molecule has 0 saturated carbocycles. The van der Waals surface area contributed by atoms with Gasteiger partial charge in [0.25, 0.3) is 0 Å². The number of benzene rings is 1. The molecule has 3 nitrogen and oxygen atoms in total. The molecule has 1 radical (unpaired) electrons. The van der Waals surface area contributed by atoms with Crippen molar-refractivity contribution >= 4 is 27.7 Å². The number of rotatable bonds is 4. The summed E-state index contributed by atoms with van der Waals surface area (Å²) in [5.41, 5.74) is 2.70. The third-order valence-corrected chi connectivity index (χ3v) is 2.75. The molecule has 1 aromatic rings. The maximum absolute atomic E-state index is 11.2. The molecule has 0 unspecified atom stereocenters. The molecule has 1 N–H and O–H groups in total. The Balaban J connectivity index is 2.75. The van der Waals surface area contributed by atoms with E-state index in [1.54, 1.807) is 24.3 Å². The fraction of sp³-hybridized carbons (Fsp3) is 0.125. The lowest BCUT2D eigenvalue weighted by atomic mass is 10.2. The summed E-state index contributed by atoms with van der Waals surface area (Å²) in [6, 6.07) is 8.87. The highest BCUT2D eigenvalue weighted by molar-refractivity contribution is 7.90. The molecule has 1 aromatic carbocycles. The first-order valence-corrected chi connectivity index (χ1v) is 5.61. The van der Waals surface area contributed by atoms with E-state index in [-0.39, 0.29) is 5.75 Å². The van der Waals surface area contributed by atoms with Crippen LogP contribution in [0.2, 0.25) is 0 Å². The molecule has 0 saturated heterocycles. The largest absolute Gasteiger partial charge is 0.271 e. The number of thiocarbonyl (C=S) groups is 1. The van der Waals surface area contributed by atoms with Gasteiger partial charge >= 0.3 is 0 Å². The minimum Gasteiger partial charge on any atom is -0.271 e. The van der Waals surface area contributed by atoms with Crippen molar-refractivity contribution in [2.75, 3.05) is 0 Å². The molecule has 1 rings (SSSR count). The van der Waals surface area contributed by atoms with Crippen LogP contribution in [0.4, 0.5) is 0 Å². The summed E-state index contributed by atoms with van der Waals surface area (Å²) in [4.78, 5) is 0. The van der Waals surface area contributed by atoms with Crippen LogP contribution in [0, 0.1) is 0 Å². The first kappa shape index (κ1) is 10.1. The lowest BCUT2D eigenvalue weighted by Gasteiger charge is -2.01. The summed E-state index contributed by atoms with van der Waals surface area (Å²) in [7, 11) is -3.35. The van der Waals surface area contributed by atoms with Crippen LogP contribution in [0.5, 0.6) is 0 Å². The van der Waals surface area contributed by atoms with Crippen molar-refractivity contribution in [1.29, 1.82) is 0 Å². The maximum Gasteiger partial charge on any atom is 0.237 e. The first-order valence-electron chi connectivity index (χ1n) is 3.54. The molecule has 0 atom stereocenters. The van der Waals surface area contributed by atoms with E-state index in [1.807, 2.05) is 16.3 Å². The second kappa shape index (κ2) is 4.34. The highest BCUT2D eigenvalue weighted by atomic mass is 32.2. The second-order valence-corrected chi connectivity index (χ2v) is 4.38. The molecule has 0 heterocycles. The fourth-order valence-corrected chi connectivity index (χ4v) is 2.10. The zero-order valence-corrected chi connectivity index (χ0v) is 8.36. The standard InChI is InChI=1S/C8H8NO2S2/c10-13(11,9-7-12)6-8-4-2-1-3-5-8/h1-5H,6H2,(H,9,12). The fourth-order valence-electron chi connectivity index (χ4n) is 0.893. The van der Waals surface area contributed by atoms with Crippen molar-refractivity contribution in [1.82, 2.24) is 4.72 Å². The number of hydrogen-bond donors (Lipinski definition) is 1. The Kier molecular flexibility index (Phi) is 3.39. The molecule has 0 aliphatic rings. The van der Waals surface area contributed by atoms with Gasteiger partial charge in [0.1, 0.15) is 5.49 Å². The smallest absolute Gasteiger partial charge is 0.237 e. The molecule has 13 heavy (non-hydrogen) atoms. The highest BCUT2D eigenvalue weighted by Crippen LogP contribution is 2.02. The van der Waals surface area contributed by atoms with Gasteiger partial charge in [-0.25, -0.2) is 8.42 Å². The van der Waals surface area contributed by atoms with Gasteiger partial charge in [0, 0.05) is 0 Å². The van der Waals surface area contributed by atoms with E-state index in [4.69, 9.17) is 0 Å². The van der Waals surface area contributed by atoms with Crippen LogP contribution < -0.4 is 4.72 Å². The lowest BCUT2D eigenvalue weighted by molar-refractivity contribution is 0.592. The SMILES string of the molecule is O=S(=O)(Cc1ccccc1)N[C]=S. The predicted molar refractivity (Wildman–Crippen MR) is 54.8 cm³/mol. The average molecular weight is 214 g/mol. The molecule has 0 aromatic heterocycles. The van der Waals surface area contributed by atoms with E-state index < -0.39 is 10.0 Å². The van der Waals surface area contributed by atoms with Crippen LogP contribution in [0.25, 0.3) is 0 Å². The van der Waals surface area contributed by atoms with E-state index in [9.17, 15) is 8.42 Å². The predicted octanol–water partition coefficient (Wildman–Crippen LogP) is 0.940. The number of nitrogens with one attached hydrogen (secondary N) is 1. The molecule has 0 fully saturated rings. The normalized spacial score (nSPS) is 10.8. The zero-order chi connectivity index (χ0) is 9.73. The Morgan fingerprint density at radius 2 is 1.92 bits per heavy atom. The molecule has 0 amide bonds. The van der Waals surface area contributed by atoms with Gasteiger partial charge in [0.15, 0.2) is 0 Å². The minimum atomic E-state index is -3.35. The quantitative estimate of drug-likeness (QED) is 0.599. The number of hydrogen-bond acceptors (Lipinski definition) is 3. The van der Waals surface area contributed by atoms with Crippen LogP contribution in [0.1, 0.15) is 5.56 Å². The van der Waals surface area contributed by atoms with Crippen molar-refractivity contribution in [3.63, 3.8) is 0 Å². The number of sulfonamides is 1. The van der Waals surface area contributed by atoms with Crippen LogP contribution >= 0.6 is 12.2 Å². The van der Waals surface area contributed by atoms with Crippen molar-refractivity contribution in [3.05, 3.63) is 35.9 Å². The van der Waals surface area contributed by atoms with Crippen molar-refractivity contribution in [2.24, 2.45) is 0 Å². The summed E-state index contributed by atoms with van der Waals surface area (Å²) in [5, 5.41) is 0. The topological polar surface area (TPSA) is 46.2 Å². The van der Waals surface area contributed by atoms with Gasteiger partial charge in [-0.3, -0.25) is 4.72 Å². The molecular formula is C8H8NO2S2. The lowest BCUT2D eigenvalue weighted by Crippen LogP contribution is -2.22. The zero-order valence-electron chi connectivity index (χ0n) is 6.73. The van der Waals surface area contributed by atoms with E-state index in [0.29, 0.717) is 0 Å². The Morgan fingerprint density at radius 1 is 1.31 bits per heavy atom. The first-order chi connectivity index (χ1) is 6.14. The van der Waals surface area contributed by atoms with Crippen LogP contribution in [0.15, 0.2) is 30.3 Å². The summed E-state index contributed by atoms with van der Waals surface area (Å²) < 4.78 is 24.3. The molecule has 5 heteroatoms. The van der Waals surface area contributed by atoms with E-state index in [2.05, 4.69) is 12.2 Å². The van der Waals surface area contributed by atoms with Gasteiger partial charge in [0.05, 0.1) is 5.75 Å². The van der Waals surface area contributed by atoms with E-state index in [1.165, 1.54) is 0 Å². The maximum atomic E-state index is 11.2. The van der Waals surface area contributed by atoms with E-state index >= 15 is 0 Å². The molecule has 0 bridgehead atoms. The Morgan fingerprint density at radius 3 is 2.46 bits per heavy atom. The van der Waals surface area contributed by atoms with E-state index in [0.717, 1.165) is 5.56 Å². The van der Waals surface area contributed by atoms with Crippen molar-refractivity contribution in [2.45, 2.75) is 5.75 Å². The summed E-state index contributed by atoms with van der Waals surface area (Å²) in [5.74, 6) is -0.0719. The van der Waals surface area contributed by atoms with Crippen LogP contribution in [-0.4, -0.2) is 13.9 Å². The summed E-state index contributed by atoms with van der Waals surface area (Å²) >= 11 is 4.28. The molecular weight excluding hydrogens is 206 g/mol. The van der Waals surface area contributed by atoms with Gasteiger partial charge in [-0.2, -0.15) is 0 Å². The third kappa shape index (κ3) is 3.52. The van der Waals surface area contributed by atoms with Gasteiger partial charge in [0.2, 0.25) is 10.0 Å². The van der Waals surface area contributed by atoms with Crippen LogP contribution in [-0.2, 0) is 15.8 Å². The monoisotopic (exact) mass is 214 g/mol. The summed E-state index contributed by atoms with van der Waals surface area (Å²) in [6.07, 6.45) is 0. The third-order valence-electron chi connectivity index (χ3n) is 1.40. The molecule has 0 aliphatic carbocycles. The van der Waals surface area contributed by atoms with Gasteiger partial charge in [-0.15, -0.1) is 0 Å².